The Balaban J connectivity index is 1.79. The van der Waals surface area contributed by atoms with Crippen LogP contribution in [0.4, 0.5) is 5.69 Å². The Labute approximate surface area is 172 Å². The van der Waals surface area contributed by atoms with Crippen LogP contribution in [0, 0.1) is 0 Å². The predicted molar refractivity (Wildman–Crippen MR) is 108 cm³/mol. The van der Waals surface area contributed by atoms with Crippen molar-refractivity contribution < 1.29 is 19.1 Å². The number of nitrogens with two attached hydrogens (primary N) is 1. The van der Waals surface area contributed by atoms with E-state index in [1.807, 2.05) is 0 Å². The minimum Gasteiger partial charge on any atom is -0.496 e. The number of carbonyl (C=O) groups is 2. The Morgan fingerprint density at radius 3 is 2.59 bits per heavy atom. The summed E-state index contributed by atoms with van der Waals surface area (Å²) in [5, 5.41) is 7.22. The molecule has 0 atom stereocenters. The molecule has 29 heavy (non-hydrogen) atoms. The number of nitrogens with zero attached hydrogens (tertiary/aromatic N) is 2. The highest BCUT2D eigenvalue weighted by Gasteiger charge is 2.18. The van der Waals surface area contributed by atoms with E-state index in [4.69, 9.17) is 26.8 Å². The van der Waals surface area contributed by atoms with Gasteiger partial charge < -0.3 is 20.5 Å². The summed E-state index contributed by atoms with van der Waals surface area (Å²) >= 11 is 5.88. The van der Waals surface area contributed by atoms with Crippen LogP contribution in [-0.2, 0) is 13.7 Å². The highest BCUT2D eigenvalue weighted by atomic mass is 35.5. The number of nitrogens with one attached hydrogen (secondary N) is 1. The summed E-state index contributed by atoms with van der Waals surface area (Å²) in [7, 11) is 3.10. The van der Waals surface area contributed by atoms with E-state index < -0.39 is 11.8 Å². The predicted octanol–water partition coefficient (Wildman–Crippen LogP) is 3.01. The van der Waals surface area contributed by atoms with Crippen LogP contribution in [0.1, 0.15) is 26.4 Å². The van der Waals surface area contributed by atoms with Crippen LogP contribution in [0.5, 0.6) is 11.5 Å². The molecule has 0 fully saturated rings. The molecule has 0 aliphatic heterocycles. The third-order valence-corrected chi connectivity index (χ3v) is 4.42. The van der Waals surface area contributed by atoms with Crippen molar-refractivity contribution in [2.24, 2.45) is 12.8 Å². The fraction of sp³-hybridized carbons (Fsp3) is 0.150. The van der Waals surface area contributed by atoms with Gasteiger partial charge in [-0.2, -0.15) is 5.10 Å². The fourth-order valence-corrected chi connectivity index (χ4v) is 2.87. The van der Waals surface area contributed by atoms with Gasteiger partial charge in [0.1, 0.15) is 23.8 Å². The van der Waals surface area contributed by atoms with Crippen molar-refractivity contribution in [2.45, 2.75) is 6.61 Å². The minimum atomic E-state index is -0.688. The molecule has 0 radical (unpaired) electrons. The number of rotatable bonds is 7. The first-order valence-corrected chi connectivity index (χ1v) is 8.95. The second kappa shape index (κ2) is 8.66. The van der Waals surface area contributed by atoms with Gasteiger partial charge in [-0.15, -0.1) is 0 Å². The molecular formula is C20H19ClN4O4. The molecule has 8 nitrogen and oxygen atoms in total. The molecular weight excluding hydrogens is 396 g/mol. The summed E-state index contributed by atoms with van der Waals surface area (Å²) in [5.74, 6) is 0.102. The van der Waals surface area contributed by atoms with E-state index in [9.17, 15) is 9.59 Å². The van der Waals surface area contributed by atoms with E-state index in [0.717, 1.165) is 0 Å². The molecule has 0 aliphatic carbocycles. The third-order valence-electron chi connectivity index (χ3n) is 4.17. The van der Waals surface area contributed by atoms with Crippen molar-refractivity contribution in [3.8, 4) is 11.5 Å². The lowest BCUT2D eigenvalue weighted by Crippen LogP contribution is -2.20. The molecule has 0 unspecified atom stereocenters. The maximum Gasteiger partial charge on any atom is 0.269 e. The van der Waals surface area contributed by atoms with Gasteiger partial charge in [-0.1, -0.05) is 11.6 Å². The SMILES string of the molecule is COc1ccc(C(=O)Nc2cnn(C)c2C(N)=O)cc1COc1ccc(Cl)cc1. The van der Waals surface area contributed by atoms with E-state index in [1.54, 1.807) is 49.5 Å². The lowest BCUT2D eigenvalue weighted by molar-refractivity contribution is 0.0992. The molecule has 2 amide bonds. The molecule has 0 bridgehead atoms. The maximum atomic E-state index is 12.7. The number of aromatic nitrogens is 2. The summed E-state index contributed by atoms with van der Waals surface area (Å²) in [5.41, 5.74) is 6.73. The average Bonchev–Trinajstić information content (AvgIpc) is 3.07. The number of hydrogen-bond donors (Lipinski definition) is 2. The van der Waals surface area contributed by atoms with Crippen molar-refractivity contribution in [3.63, 3.8) is 0 Å². The molecule has 150 valence electrons. The number of hydrogen-bond acceptors (Lipinski definition) is 5. The van der Waals surface area contributed by atoms with Gasteiger partial charge >= 0.3 is 0 Å². The number of carbonyl (C=O) groups excluding carboxylic acids is 2. The Hall–Kier alpha value is -3.52. The zero-order chi connectivity index (χ0) is 21.0. The van der Waals surface area contributed by atoms with Gasteiger partial charge in [0.25, 0.3) is 11.8 Å². The van der Waals surface area contributed by atoms with Crippen molar-refractivity contribution in [3.05, 3.63) is 70.5 Å². The molecule has 1 heterocycles. The number of aryl methyl sites for hydroxylation is 1. The Morgan fingerprint density at radius 2 is 1.93 bits per heavy atom. The Bertz CT molecular complexity index is 1050. The summed E-state index contributed by atoms with van der Waals surface area (Å²) in [6.07, 6.45) is 1.37. The van der Waals surface area contributed by atoms with Gasteiger partial charge in [-0.25, -0.2) is 0 Å². The van der Waals surface area contributed by atoms with E-state index in [1.165, 1.54) is 18.0 Å². The number of ether oxygens (including phenoxy) is 2. The summed E-state index contributed by atoms with van der Waals surface area (Å²) < 4.78 is 12.4. The second-order valence-electron chi connectivity index (χ2n) is 6.12. The zero-order valence-corrected chi connectivity index (χ0v) is 16.6. The number of halogens is 1. The van der Waals surface area contributed by atoms with Gasteiger partial charge in [0.05, 0.1) is 19.0 Å². The first-order chi connectivity index (χ1) is 13.9. The van der Waals surface area contributed by atoms with Crippen molar-refractivity contribution >= 4 is 29.1 Å². The topological polar surface area (TPSA) is 108 Å². The highest BCUT2D eigenvalue weighted by Crippen LogP contribution is 2.24. The number of benzene rings is 2. The van der Waals surface area contributed by atoms with E-state index in [-0.39, 0.29) is 18.0 Å². The van der Waals surface area contributed by atoms with Crippen LogP contribution < -0.4 is 20.5 Å². The van der Waals surface area contributed by atoms with Crippen LogP contribution in [0.25, 0.3) is 0 Å². The number of methoxy groups -OCH3 is 1. The van der Waals surface area contributed by atoms with Crippen molar-refractivity contribution in [1.29, 1.82) is 0 Å². The van der Waals surface area contributed by atoms with Crippen molar-refractivity contribution in [1.82, 2.24) is 9.78 Å². The Morgan fingerprint density at radius 1 is 1.21 bits per heavy atom. The minimum absolute atomic E-state index is 0.109. The van der Waals surface area contributed by atoms with Crippen molar-refractivity contribution in [2.75, 3.05) is 12.4 Å². The highest BCUT2D eigenvalue weighted by molar-refractivity contribution is 6.30. The Kier molecular flexibility index (Phi) is 6.04. The monoisotopic (exact) mass is 414 g/mol. The van der Waals surface area contributed by atoms with Gasteiger partial charge in [-0.05, 0) is 42.5 Å². The van der Waals surface area contributed by atoms with E-state index >= 15 is 0 Å². The quantitative estimate of drug-likeness (QED) is 0.617. The summed E-state index contributed by atoms with van der Waals surface area (Å²) in [6.45, 7) is 0.186. The molecule has 3 aromatic rings. The van der Waals surface area contributed by atoms with Crippen LogP contribution in [0.15, 0.2) is 48.7 Å². The molecule has 0 aliphatic rings. The van der Waals surface area contributed by atoms with Crippen LogP contribution in [0.3, 0.4) is 0 Å². The molecule has 3 rings (SSSR count). The standard InChI is InChI=1S/C20H19ClN4O4/c1-25-18(19(22)26)16(10-23-25)24-20(27)12-3-8-17(28-2)13(9-12)11-29-15-6-4-14(21)5-7-15/h3-10H,11H2,1-2H3,(H2,22,26)(H,24,27). The van der Waals surface area contributed by atoms with Crippen LogP contribution >= 0.6 is 11.6 Å². The van der Waals surface area contributed by atoms with E-state index in [2.05, 4.69) is 10.4 Å². The van der Waals surface area contributed by atoms with Gasteiger partial charge in [-0.3, -0.25) is 14.3 Å². The van der Waals surface area contributed by atoms with Crippen LogP contribution in [-0.4, -0.2) is 28.7 Å². The van der Waals surface area contributed by atoms with Gasteiger partial charge in [0.2, 0.25) is 0 Å². The molecule has 0 saturated carbocycles. The van der Waals surface area contributed by atoms with Gasteiger partial charge in [0.15, 0.2) is 0 Å². The normalized spacial score (nSPS) is 10.4. The van der Waals surface area contributed by atoms with Crippen LogP contribution in [0.2, 0.25) is 5.02 Å². The number of amides is 2. The molecule has 0 spiro atoms. The molecule has 1 aromatic heterocycles. The van der Waals surface area contributed by atoms with Gasteiger partial charge in [0, 0.05) is 23.2 Å². The average molecular weight is 415 g/mol. The zero-order valence-electron chi connectivity index (χ0n) is 15.8. The number of primary amides is 1. The smallest absolute Gasteiger partial charge is 0.269 e. The molecule has 9 heteroatoms. The molecule has 3 N–H and O–H groups in total. The fourth-order valence-electron chi connectivity index (χ4n) is 2.74. The number of anilines is 1. The summed E-state index contributed by atoms with van der Waals surface area (Å²) in [6, 6.07) is 11.9. The van der Waals surface area contributed by atoms with E-state index in [0.29, 0.717) is 27.6 Å². The molecule has 2 aromatic carbocycles. The molecule has 0 saturated heterocycles. The largest absolute Gasteiger partial charge is 0.496 e. The maximum absolute atomic E-state index is 12.7. The first-order valence-electron chi connectivity index (χ1n) is 8.57. The lowest BCUT2D eigenvalue weighted by atomic mass is 10.1. The second-order valence-corrected chi connectivity index (χ2v) is 6.55. The third kappa shape index (κ3) is 4.67. The first kappa shape index (κ1) is 20.2. The summed E-state index contributed by atoms with van der Waals surface area (Å²) in [4.78, 5) is 24.2. The lowest BCUT2D eigenvalue weighted by Gasteiger charge is -2.12.